The quantitative estimate of drug-likeness (QED) is 0.616. The van der Waals surface area contributed by atoms with Gasteiger partial charge in [-0.25, -0.2) is 0 Å². The maximum absolute atomic E-state index is 4.41. The van der Waals surface area contributed by atoms with Gasteiger partial charge in [0.25, 0.3) is 0 Å². The molecule has 0 amide bonds. The molecule has 1 aromatic heterocycles. The van der Waals surface area contributed by atoms with Gasteiger partial charge in [-0.1, -0.05) is 0 Å². The van der Waals surface area contributed by atoms with Gasteiger partial charge in [0.05, 0.1) is 6.54 Å². The van der Waals surface area contributed by atoms with E-state index in [1.807, 2.05) is 0 Å². The van der Waals surface area contributed by atoms with E-state index >= 15 is 0 Å². The Balaban J connectivity index is 2.30. The van der Waals surface area contributed by atoms with Gasteiger partial charge in [0, 0.05) is 24.5 Å². The van der Waals surface area contributed by atoms with E-state index in [0.717, 1.165) is 18.9 Å². The molecule has 0 atom stereocenters. The zero-order chi connectivity index (χ0) is 7.68. The first-order chi connectivity index (χ1) is 5.38. The summed E-state index contributed by atoms with van der Waals surface area (Å²) in [6.07, 6.45) is 0. The lowest BCUT2D eigenvalue weighted by molar-refractivity contribution is 0.557. The van der Waals surface area contributed by atoms with E-state index in [9.17, 15) is 0 Å². The van der Waals surface area contributed by atoms with E-state index < -0.39 is 0 Å². The molecule has 0 aliphatic carbocycles. The Morgan fingerprint density at radius 1 is 1.64 bits per heavy atom. The largest absolute Gasteiger partial charge is 0.358 e. The maximum atomic E-state index is 4.41. The first-order valence-electron chi connectivity index (χ1n) is 3.66. The van der Waals surface area contributed by atoms with E-state index in [4.69, 9.17) is 0 Å². The Morgan fingerprint density at radius 2 is 2.55 bits per heavy atom. The summed E-state index contributed by atoms with van der Waals surface area (Å²) < 4.78 is 0. The monoisotopic (exact) mass is 166 g/mol. The van der Waals surface area contributed by atoms with Crippen LogP contribution in [0.15, 0.2) is 21.8 Å². The number of amidine groups is 1. The maximum Gasteiger partial charge on any atom is 0.131 e. The molecule has 3 heteroatoms. The number of rotatable bonds is 1. The molecule has 0 fully saturated rings. The van der Waals surface area contributed by atoms with Crippen molar-refractivity contribution in [3.05, 3.63) is 22.4 Å². The predicted octanol–water partition coefficient (Wildman–Crippen LogP) is 1.44. The molecular weight excluding hydrogens is 156 g/mol. The fraction of sp³-hybridized carbons (Fsp3) is 0.375. The van der Waals surface area contributed by atoms with E-state index in [-0.39, 0.29) is 0 Å². The van der Waals surface area contributed by atoms with Crippen molar-refractivity contribution in [3.8, 4) is 0 Å². The van der Waals surface area contributed by atoms with Gasteiger partial charge in [0.1, 0.15) is 5.84 Å². The highest BCUT2D eigenvalue weighted by atomic mass is 32.1. The lowest BCUT2D eigenvalue weighted by atomic mass is 10.3. The molecule has 1 aliphatic heterocycles. The van der Waals surface area contributed by atoms with Crippen molar-refractivity contribution in [3.63, 3.8) is 0 Å². The second-order valence-corrected chi connectivity index (χ2v) is 3.42. The Kier molecular flexibility index (Phi) is 1.66. The molecule has 58 valence electrons. The number of hydrogen-bond acceptors (Lipinski definition) is 3. The van der Waals surface area contributed by atoms with Gasteiger partial charge in [0.15, 0.2) is 0 Å². The van der Waals surface area contributed by atoms with Crippen molar-refractivity contribution in [1.82, 2.24) is 4.90 Å². The molecule has 1 aliphatic rings. The average Bonchev–Trinajstić information content (AvgIpc) is 2.55. The number of aliphatic imine (C=N–C) groups is 1. The third-order valence-electron chi connectivity index (χ3n) is 1.84. The highest BCUT2D eigenvalue weighted by molar-refractivity contribution is 7.08. The van der Waals surface area contributed by atoms with Crippen molar-refractivity contribution >= 4 is 17.2 Å². The molecule has 0 unspecified atom stereocenters. The highest BCUT2D eigenvalue weighted by Crippen LogP contribution is 2.12. The minimum absolute atomic E-state index is 0.946. The summed E-state index contributed by atoms with van der Waals surface area (Å²) in [7, 11) is 2.09. The summed E-state index contributed by atoms with van der Waals surface area (Å²) in [5.41, 5.74) is 1.26. The van der Waals surface area contributed by atoms with Crippen LogP contribution in [0.5, 0.6) is 0 Å². The van der Waals surface area contributed by atoms with Crippen molar-refractivity contribution in [2.45, 2.75) is 0 Å². The third kappa shape index (κ3) is 1.16. The second-order valence-electron chi connectivity index (χ2n) is 2.64. The van der Waals surface area contributed by atoms with Crippen LogP contribution >= 0.6 is 11.3 Å². The summed E-state index contributed by atoms with van der Waals surface area (Å²) in [5.74, 6) is 1.14. The minimum Gasteiger partial charge on any atom is -0.358 e. The van der Waals surface area contributed by atoms with Gasteiger partial charge in [-0.15, -0.1) is 0 Å². The lowest BCUT2D eigenvalue weighted by Gasteiger charge is -2.11. The summed E-state index contributed by atoms with van der Waals surface area (Å²) in [5, 5.41) is 4.23. The number of nitrogens with zero attached hydrogens (tertiary/aromatic N) is 2. The van der Waals surface area contributed by atoms with Crippen molar-refractivity contribution in [2.24, 2.45) is 4.99 Å². The molecule has 2 rings (SSSR count). The Hall–Kier alpha value is -0.830. The number of likely N-dealkylation sites (N-methyl/N-ethyl adjacent to an activating group) is 1. The summed E-state index contributed by atoms with van der Waals surface area (Å²) in [6, 6.07) is 2.12. The fourth-order valence-electron chi connectivity index (χ4n) is 1.24. The predicted molar refractivity (Wildman–Crippen MR) is 48.4 cm³/mol. The SMILES string of the molecule is CN1CCN=C1c1ccsc1. The molecule has 0 radical (unpaired) electrons. The van der Waals surface area contributed by atoms with Crippen LogP contribution < -0.4 is 0 Å². The van der Waals surface area contributed by atoms with Crippen LogP contribution in [0, 0.1) is 0 Å². The van der Waals surface area contributed by atoms with E-state index in [1.54, 1.807) is 11.3 Å². The zero-order valence-electron chi connectivity index (χ0n) is 6.45. The van der Waals surface area contributed by atoms with Gasteiger partial charge < -0.3 is 4.90 Å². The smallest absolute Gasteiger partial charge is 0.131 e. The normalized spacial score (nSPS) is 17.2. The lowest BCUT2D eigenvalue weighted by Crippen LogP contribution is -2.22. The number of hydrogen-bond donors (Lipinski definition) is 0. The van der Waals surface area contributed by atoms with Crippen LogP contribution in [-0.2, 0) is 0 Å². The van der Waals surface area contributed by atoms with E-state index in [2.05, 4.69) is 33.8 Å². The van der Waals surface area contributed by atoms with Crippen LogP contribution in [0.4, 0.5) is 0 Å². The molecule has 0 N–H and O–H groups in total. The molecule has 11 heavy (non-hydrogen) atoms. The molecule has 0 spiro atoms. The molecule has 1 aromatic rings. The van der Waals surface area contributed by atoms with Crippen molar-refractivity contribution < 1.29 is 0 Å². The standard InChI is InChI=1S/C8H10N2S/c1-10-4-3-9-8(10)7-2-5-11-6-7/h2,5-6H,3-4H2,1H3. The Labute approximate surface area is 70.2 Å². The van der Waals surface area contributed by atoms with Crippen molar-refractivity contribution in [2.75, 3.05) is 20.1 Å². The fourth-order valence-corrected chi connectivity index (χ4v) is 1.87. The first kappa shape index (κ1) is 6.85. The highest BCUT2D eigenvalue weighted by Gasteiger charge is 2.13. The summed E-state index contributed by atoms with van der Waals surface area (Å²) >= 11 is 1.72. The van der Waals surface area contributed by atoms with Crippen LogP contribution in [-0.4, -0.2) is 30.9 Å². The molecule has 0 saturated carbocycles. The second kappa shape index (κ2) is 2.66. The number of thiophene rings is 1. The van der Waals surface area contributed by atoms with Crippen molar-refractivity contribution in [1.29, 1.82) is 0 Å². The Morgan fingerprint density at radius 3 is 3.09 bits per heavy atom. The van der Waals surface area contributed by atoms with Gasteiger partial charge in [-0.05, 0) is 11.4 Å². The van der Waals surface area contributed by atoms with Gasteiger partial charge in [0.2, 0.25) is 0 Å². The van der Waals surface area contributed by atoms with Crippen LogP contribution in [0.25, 0.3) is 0 Å². The van der Waals surface area contributed by atoms with Crippen LogP contribution in [0.3, 0.4) is 0 Å². The van der Waals surface area contributed by atoms with Crippen LogP contribution in [0.2, 0.25) is 0 Å². The topological polar surface area (TPSA) is 15.6 Å². The molecule has 0 saturated heterocycles. The van der Waals surface area contributed by atoms with Gasteiger partial charge in [-0.3, -0.25) is 4.99 Å². The average molecular weight is 166 g/mol. The van der Waals surface area contributed by atoms with E-state index in [0.29, 0.717) is 0 Å². The van der Waals surface area contributed by atoms with Gasteiger partial charge in [-0.2, -0.15) is 11.3 Å². The molecule has 0 aromatic carbocycles. The zero-order valence-corrected chi connectivity index (χ0v) is 7.27. The van der Waals surface area contributed by atoms with Gasteiger partial charge >= 0.3 is 0 Å². The molecule has 2 nitrogen and oxygen atoms in total. The molecular formula is C8H10N2S. The molecule has 0 bridgehead atoms. The summed E-state index contributed by atoms with van der Waals surface area (Å²) in [6.45, 7) is 2.01. The van der Waals surface area contributed by atoms with Crippen LogP contribution in [0.1, 0.15) is 5.56 Å². The Bertz CT molecular complexity index is 264. The summed E-state index contributed by atoms with van der Waals surface area (Å²) in [4.78, 5) is 6.60. The molecule has 2 heterocycles. The first-order valence-corrected chi connectivity index (χ1v) is 4.60. The minimum atomic E-state index is 0.946. The van der Waals surface area contributed by atoms with E-state index in [1.165, 1.54) is 5.56 Å². The third-order valence-corrected chi connectivity index (χ3v) is 2.52.